The van der Waals surface area contributed by atoms with Gasteiger partial charge in [-0.05, 0) is 67.5 Å². The van der Waals surface area contributed by atoms with Gasteiger partial charge in [-0.25, -0.2) is 0 Å². The van der Waals surface area contributed by atoms with E-state index in [1.165, 1.54) is 0 Å². The smallest absolute Gasteiger partial charge is 0.119 e. The van der Waals surface area contributed by atoms with E-state index >= 15 is 0 Å². The van der Waals surface area contributed by atoms with Crippen LogP contribution in [0.15, 0.2) is 42.5 Å². The molecule has 5 heteroatoms. The lowest BCUT2D eigenvalue weighted by atomic mass is 9.62. The van der Waals surface area contributed by atoms with Crippen LogP contribution in [0.3, 0.4) is 0 Å². The Bertz CT molecular complexity index is 837. The Labute approximate surface area is 177 Å². The lowest BCUT2D eigenvalue weighted by Gasteiger charge is -2.56. The number of hydrogen-bond donors (Lipinski definition) is 2. The monoisotopic (exact) mass is 416 g/mol. The van der Waals surface area contributed by atoms with Crippen molar-refractivity contribution in [3.05, 3.63) is 64.2 Å². The van der Waals surface area contributed by atoms with Crippen molar-refractivity contribution in [1.29, 1.82) is 0 Å². The van der Waals surface area contributed by atoms with Crippen LogP contribution in [0.1, 0.15) is 55.4 Å². The number of aliphatic hydroxyl groups excluding tert-OH is 2. The maximum absolute atomic E-state index is 10.7. The topological polar surface area (TPSA) is 58.9 Å². The summed E-state index contributed by atoms with van der Waals surface area (Å²) in [5.41, 5.74) is 2.86. The van der Waals surface area contributed by atoms with E-state index in [0.29, 0.717) is 19.4 Å². The number of ether oxygens (including phenoxy) is 2. The average Bonchev–Trinajstić information content (AvgIpc) is 2.68. The molecule has 4 unspecified atom stereocenters. The lowest BCUT2D eigenvalue weighted by Crippen LogP contribution is -2.59. The van der Waals surface area contributed by atoms with Crippen LogP contribution in [0.25, 0.3) is 0 Å². The molecule has 2 aliphatic rings. The van der Waals surface area contributed by atoms with Crippen LogP contribution in [0.4, 0.5) is 0 Å². The standard InChI is InChI=1S/C24H29ClO4/c1-2-28-19-6-3-16(4-7-19)13-18-14-17(5-8-21(18)25)23-15-22(27)20-9-10-24(20,29-23)11-12-26/h3-8,14,20,22-23,26-27H,2,9-13,15H2,1H3. The maximum atomic E-state index is 10.7. The second-order valence-electron chi connectivity index (χ2n) is 8.20. The highest BCUT2D eigenvalue weighted by molar-refractivity contribution is 6.31. The molecule has 0 aromatic heterocycles. The zero-order valence-corrected chi connectivity index (χ0v) is 17.6. The normalized spacial score (nSPS) is 28.5. The van der Waals surface area contributed by atoms with E-state index in [1.54, 1.807) is 0 Å². The van der Waals surface area contributed by atoms with Crippen LogP contribution < -0.4 is 4.74 Å². The Kier molecular flexibility index (Phi) is 6.16. The first-order valence-electron chi connectivity index (χ1n) is 10.5. The fraction of sp³-hybridized carbons (Fsp3) is 0.500. The summed E-state index contributed by atoms with van der Waals surface area (Å²) in [6.07, 6.45) is 3.19. The van der Waals surface area contributed by atoms with Crippen molar-refractivity contribution in [3.8, 4) is 5.75 Å². The van der Waals surface area contributed by atoms with E-state index in [4.69, 9.17) is 21.1 Å². The molecule has 2 fully saturated rings. The van der Waals surface area contributed by atoms with E-state index in [1.807, 2.05) is 31.2 Å². The molecule has 1 aliphatic carbocycles. The Morgan fingerprint density at radius 1 is 1.21 bits per heavy atom. The number of benzene rings is 2. The summed E-state index contributed by atoms with van der Waals surface area (Å²) in [5.74, 6) is 1.01. The molecule has 0 radical (unpaired) electrons. The molecule has 0 amide bonds. The molecule has 1 heterocycles. The molecular formula is C24H29ClO4. The van der Waals surface area contributed by atoms with E-state index in [-0.39, 0.29) is 30.3 Å². The molecule has 0 bridgehead atoms. The van der Waals surface area contributed by atoms with Crippen LogP contribution in [0.2, 0.25) is 5.02 Å². The molecule has 0 spiro atoms. The van der Waals surface area contributed by atoms with Crippen molar-refractivity contribution in [2.24, 2.45) is 5.92 Å². The van der Waals surface area contributed by atoms with Crippen molar-refractivity contribution in [1.82, 2.24) is 0 Å². The van der Waals surface area contributed by atoms with Crippen LogP contribution >= 0.6 is 11.6 Å². The lowest BCUT2D eigenvalue weighted by molar-refractivity contribution is -0.254. The van der Waals surface area contributed by atoms with E-state index < -0.39 is 0 Å². The summed E-state index contributed by atoms with van der Waals surface area (Å²) in [6.45, 7) is 2.71. The Hall–Kier alpha value is -1.59. The van der Waals surface area contributed by atoms with Crippen LogP contribution in [0, 0.1) is 5.92 Å². The predicted molar refractivity (Wildman–Crippen MR) is 113 cm³/mol. The molecule has 1 saturated heterocycles. The second-order valence-corrected chi connectivity index (χ2v) is 8.60. The number of fused-ring (bicyclic) bond motifs is 1. The highest BCUT2D eigenvalue weighted by Crippen LogP contribution is 2.54. The van der Waals surface area contributed by atoms with Gasteiger partial charge in [0.15, 0.2) is 0 Å². The summed E-state index contributed by atoms with van der Waals surface area (Å²) in [4.78, 5) is 0. The second kappa shape index (κ2) is 8.65. The fourth-order valence-electron chi connectivity index (χ4n) is 4.82. The fourth-order valence-corrected chi connectivity index (χ4v) is 5.00. The molecular weight excluding hydrogens is 388 g/mol. The van der Waals surface area contributed by atoms with E-state index in [2.05, 4.69) is 18.2 Å². The Morgan fingerprint density at radius 2 is 2.00 bits per heavy atom. The minimum Gasteiger partial charge on any atom is -0.494 e. The summed E-state index contributed by atoms with van der Waals surface area (Å²) in [7, 11) is 0. The third-order valence-electron chi connectivity index (χ3n) is 6.46. The van der Waals surface area contributed by atoms with Crippen molar-refractivity contribution in [2.45, 2.75) is 56.8 Å². The van der Waals surface area contributed by atoms with Gasteiger partial charge in [0.1, 0.15) is 5.75 Å². The van der Waals surface area contributed by atoms with Crippen molar-refractivity contribution < 1.29 is 19.7 Å². The SMILES string of the molecule is CCOc1ccc(Cc2cc(C3CC(O)C4CCC4(CCO)O3)ccc2Cl)cc1. The summed E-state index contributed by atoms with van der Waals surface area (Å²) >= 11 is 6.49. The zero-order chi connectivity index (χ0) is 20.4. The third-order valence-corrected chi connectivity index (χ3v) is 6.83. The summed E-state index contributed by atoms with van der Waals surface area (Å²) < 4.78 is 12.0. The molecule has 2 N–H and O–H groups in total. The highest BCUT2D eigenvalue weighted by Gasteiger charge is 2.55. The number of rotatable bonds is 7. The first kappa shape index (κ1) is 20.7. The molecule has 29 heavy (non-hydrogen) atoms. The first-order valence-corrected chi connectivity index (χ1v) is 10.9. The van der Waals surface area contributed by atoms with Crippen molar-refractivity contribution in [3.63, 3.8) is 0 Å². The average molecular weight is 417 g/mol. The van der Waals surface area contributed by atoms with Gasteiger partial charge in [-0.2, -0.15) is 0 Å². The zero-order valence-electron chi connectivity index (χ0n) is 16.8. The van der Waals surface area contributed by atoms with Gasteiger partial charge in [0.25, 0.3) is 0 Å². The molecule has 2 aromatic rings. The number of aliphatic hydroxyl groups is 2. The van der Waals surface area contributed by atoms with Crippen LogP contribution in [-0.2, 0) is 11.2 Å². The molecule has 2 aromatic carbocycles. The van der Waals surface area contributed by atoms with Gasteiger partial charge in [0.05, 0.1) is 24.4 Å². The number of hydrogen-bond acceptors (Lipinski definition) is 4. The summed E-state index contributed by atoms with van der Waals surface area (Å²) in [5, 5.41) is 20.9. The number of halogens is 1. The van der Waals surface area contributed by atoms with Crippen molar-refractivity contribution in [2.75, 3.05) is 13.2 Å². The Morgan fingerprint density at radius 3 is 2.66 bits per heavy atom. The third kappa shape index (κ3) is 4.17. The minimum atomic E-state index is -0.390. The van der Waals surface area contributed by atoms with Gasteiger partial charge >= 0.3 is 0 Å². The van der Waals surface area contributed by atoms with Gasteiger partial charge in [0.2, 0.25) is 0 Å². The van der Waals surface area contributed by atoms with Gasteiger partial charge in [-0.1, -0.05) is 35.9 Å². The molecule has 4 atom stereocenters. The molecule has 4 rings (SSSR count). The first-order chi connectivity index (χ1) is 14.0. The molecule has 4 nitrogen and oxygen atoms in total. The largest absolute Gasteiger partial charge is 0.494 e. The van der Waals surface area contributed by atoms with Crippen molar-refractivity contribution >= 4 is 11.6 Å². The minimum absolute atomic E-state index is 0.0829. The quantitative estimate of drug-likeness (QED) is 0.687. The predicted octanol–water partition coefficient (Wildman–Crippen LogP) is 4.68. The van der Waals surface area contributed by atoms with E-state index in [0.717, 1.165) is 46.7 Å². The van der Waals surface area contributed by atoms with Gasteiger partial charge in [-0.15, -0.1) is 0 Å². The Balaban J connectivity index is 1.53. The van der Waals surface area contributed by atoms with Crippen LogP contribution in [0.5, 0.6) is 5.75 Å². The van der Waals surface area contributed by atoms with Gasteiger partial charge in [0, 0.05) is 24.0 Å². The maximum Gasteiger partial charge on any atom is 0.119 e. The van der Waals surface area contributed by atoms with Crippen LogP contribution in [-0.4, -0.2) is 35.1 Å². The molecule has 1 saturated carbocycles. The van der Waals surface area contributed by atoms with Gasteiger partial charge in [-0.3, -0.25) is 0 Å². The van der Waals surface area contributed by atoms with E-state index in [9.17, 15) is 10.2 Å². The summed E-state index contributed by atoms with van der Waals surface area (Å²) in [6, 6.07) is 14.1. The van der Waals surface area contributed by atoms with Gasteiger partial charge < -0.3 is 19.7 Å². The molecule has 1 aliphatic heterocycles. The molecule has 156 valence electrons. The highest BCUT2D eigenvalue weighted by atomic mass is 35.5.